The highest BCUT2D eigenvalue weighted by Gasteiger charge is 2.23. The highest BCUT2D eigenvalue weighted by Crippen LogP contribution is 2.30. The SMILES string of the molecule is Cc1cc(C(N)=S)nc(NCC2CCCC2C)n1. The van der Waals surface area contributed by atoms with Crippen molar-refractivity contribution in [3.05, 3.63) is 17.5 Å². The third kappa shape index (κ3) is 3.16. The van der Waals surface area contributed by atoms with Gasteiger partial charge in [0.2, 0.25) is 5.95 Å². The summed E-state index contributed by atoms with van der Waals surface area (Å²) in [6.45, 7) is 5.17. The van der Waals surface area contributed by atoms with Crippen LogP contribution in [0.1, 0.15) is 37.6 Å². The van der Waals surface area contributed by atoms with Gasteiger partial charge in [-0.05, 0) is 31.2 Å². The summed E-state index contributed by atoms with van der Waals surface area (Å²) >= 11 is 4.95. The first kappa shape index (κ1) is 13.2. The van der Waals surface area contributed by atoms with Crippen LogP contribution in [0.15, 0.2) is 6.07 Å². The van der Waals surface area contributed by atoms with Crippen LogP contribution in [-0.4, -0.2) is 21.5 Å². The fourth-order valence-electron chi connectivity index (χ4n) is 2.52. The van der Waals surface area contributed by atoms with E-state index in [0.29, 0.717) is 16.6 Å². The van der Waals surface area contributed by atoms with E-state index in [1.165, 1.54) is 19.3 Å². The molecule has 0 spiro atoms. The van der Waals surface area contributed by atoms with Crippen LogP contribution in [0.4, 0.5) is 5.95 Å². The number of hydrogen-bond acceptors (Lipinski definition) is 4. The molecule has 0 saturated heterocycles. The van der Waals surface area contributed by atoms with Gasteiger partial charge in [0.15, 0.2) is 0 Å². The lowest BCUT2D eigenvalue weighted by Crippen LogP contribution is -2.19. The number of aryl methyl sites for hydroxylation is 1. The zero-order valence-electron chi connectivity index (χ0n) is 10.9. The van der Waals surface area contributed by atoms with Gasteiger partial charge in [0.05, 0.1) is 0 Å². The van der Waals surface area contributed by atoms with Crippen LogP contribution in [0.2, 0.25) is 0 Å². The Bertz CT molecular complexity index is 447. The molecule has 0 aromatic carbocycles. The Morgan fingerprint density at radius 2 is 2.28 bits per heavy atom. The maximum atomic E-state index is 5.61. The van der Waals surface area contributed by atoms with Crippen molar-refractivity contribution in [2.75, 3.05) is 11.9 Å². The lowest BCUT2D eigenvalue weighted by atomic mass is 9.98. The molecule has 1 aromatic rings. The van der Waals surface area contributed by atoms with E-state index in [-0.39, 0.29) is 0 Å². The van der Waals surface area contributed by atoms with Crippen molar-refractivity contribution in [1.29, 1.82) is 0 Å². The van der Waals surface area contributed by atoms with Gasteiger partial charge in [0, 0.05) is 12.2 Å². The Kier molecular flexibility index (Phi) is 4.11. The van der Waals surface area contributed by atoms with E-state index in [0.717, 1.165) is 24.1 Å². The van der Waals surface area contributed by atoms with E-state index < -0.39 is 0 Å². The second-order valence-electron chi connectivity index (χ2n) is 5.13. The summed E-state index contributed by atoms with van der Waals surface area (Å²) in [6.07, 6.45) is 3.96. The molecule has 0 aliphatic heterocycles. The molecule has 0 radical (unpaired) electrons. The summed E-state index contributed by atoms with van der Waals surface area (Å²) < 4.78 is 0. The van der Waals surface area contributed by atoms with Crippen LogP contribution in [0, 0.1) is 18.8 Å². The molecule has 5 heteroatoms. The number of nitrogens with zero attached hydrogens (tertiary/aromatic N) is 2. The van der Waals surface area contributed by atoms with Crippen LogP contribution >= 0.6 is 12.2 Å². The molecule has 1 aliphatic carbocycles. The van der Waals surface area contributed by atoms with Crippen LogP contribution < -0.4 is 11.1 Å². The molecular weight excluding hydrogens is 244 g/mol. The Labute approximate surface area is 113 Å². The maximum Gasteiger partial charge on any atom is 0.223 e. The van der Waals surface area contributed by atoms with Gasteiger partial charge in [-0.2, -0.15) is 0 Å². The predicted octanol–water partition coefficient (Wildman–Crippen LogP) is 2.27. The second-order valence-corrected chi connectivity index (χ2v) is 5.57. The molecule has 0 bridgehead atoms. The molecule has 4 nitrogen and oxygen atoms in total. The van der Waals surface area contributed by atoms with Gasteiger partial charge < -0.3 is 11.1 Å². The van der Waals surface area contributed by atoms with Crippen LogP contribution in [0.5, 0.6) is 0 Å². The van der Waals surface area contributed by atoms with E-state index in [1.807, 2.05) is 13.0 Å². The summed E-state index contributed by atoms with van der Waals surface area (Å²) in [5.74, 6) is 2.15. The molecule has 1 aromatic heterocycles. The monoisotopic (exact) mass is 264 g/mol. The molecule has 3 N–H and O–H groups in total. The zero-order valence-corrected chi connectivity index (χ0v) is 11.8. The summed E-state index contributed by atoms with van der Waals surface area (Å²) in [5, 5.41) is 3.32. The molecule has 1 fully saturated rings. The minimum absolute atomic E-state index is 0.317. The largest absolute Gasteiger partial charge is 0.388 e. The number of nitrogens with one attached hydrogen (secondary N) is 1. The van der Waals surface area contributed by atoms with Crippen molar-refractivity contribution in [1.82, 2.24) is 9.97 Å². The number of rotatable bonds is 4. The lowest BCUT2D eigenvalue weighted by Gasteiger charge is -2.16. The maximum absolute atomic E-state index is 5.61. The average molecular weight is 264 g/mol. The van der Waals surface area contributed by atoms with E-state index in [2.05, 4.69) is 22.2 Å². The van der Waals surface area contributed by atoms with Gasteiger partial charge in [-0.25, -0.2) is 9.97 Å². The molecule has 0 amide bonds. The van der Waals surface area contributed by atoms with Crippen LogP contribution in [-0.2, 0) is 0 Å². The summed E-state index contributed by atoms with van der Waals surface area (Å²) in [5.41, 5.74) is 7.13. The average Bonchev–Trinajstić information content (AvgIpc) is 2.71. The number of nitrogens with two attached hydrogens (primary N) is 1. The van der Waals surface area contributed by atoms with E-state index in [1.54, 1.807) is 0 Å². The molecular formula is C13H20N4S. The molecule has 18 heavy (non-hydrogen) atoms. The molecule has 1 saturated carbocycles. The van der Waals surface area contributed by atoms with Crippen molar-refractivity contribution in [2.24, 2.45) is 17.6 Å². The van der Waals surface area contributed by atoms with Crippen LogP contribution in [0.25, 0.3) is 0 Å². The van der Waals surface area contributed by atoms with E-state index in [9.17, 15) is 0 Å². The summed E-state index contributed by atoms with van der Waals surface area (Å²) in [7, 11) is 0. The lowest BCUT2D eigenvalue weighted by molar-refractivity contribution is 0.439. The fraction of sp³-hybridized carbons (Fsp3) is 0.615. The van der Waals surface area contributed by atoms with Gasteiger partial charge in [-0.1, -0.05) is 32.0 Å². The zero-order chi connectivity index (χ0) is 13.1. The van der Waals surface area contributed by atoms with E-state index >= 15 is 0 Å². The quantitative estimate of drug-likeness (QED) is 0.817. The van der Waals surface area contributed by atoms with Crippen molar-refractivity contribution in [3.8, 4) is 0 Å². The standard InChI is InChI=1S/C13H20N4S/c1-8-4-3-5-10(8)7-15-13-16-9(2)6-11(17-13)12(14)18/h6,8,10H,3-5,7H2,1-2H3,(H2,14,18)(H,15,16,17). The fourth-order valence-corrected chi connectivity index (χ4v) is 2.63. The van der Waals surface area contributed by atoms with Crippen LogP contribution in [0.3, 0.4) is 0 Å². The molecule has 1 heterocycles. The number of anilines is 1. The molecule has 2 rings (SSSR count). The van der Waals surface area contributed by atoms with E-state index in [4.69, 9.17) is 18.0 Å². The highest BCUT2D eigenvalue weighted by atomic mass is 32.1. The Hall–Kier alpha value is -1.23. The summed E-state index contributed by atoms with van der Waals surface area (Å²) in [6, 6.07) is 1.81. The minimum Gasteiger partial charge on any atom is -0.388 e. The Morgan fingerprint density at radius 3 is 2.89 bits per heavy atom. The Balaban J connectivity index is 2.02. The van der Waals surface area contributed by atoms with Crippen molar-refractivity contribution < 1.29 is 0 Å². The molecule has 1 aliphatic rings. The smallest absolute Gasteiger partial charge is 0.223 e. The van der Waals surface area contributed by atoms with Crippen molar-refractivity contribution >= 4 is 23.2 Å². The molecule has 98 valence electrons. The third-order valence-corrected chi connectivity index (χ3v) is 3.88. The first-order valence-corrected chi connectivity index (χ1v) is 6.86. The van der Waals surface area contributed by atoms with Crippen molar-refractivity contribution in [3.63, 3.8) is 0 Å². The van der Waals surface area contributed by atoms with Gasteiger partial charge in [0.1, 0.15) is 10.7 Å². The third-order valence-electron chi connectivity index (χ3n) is 3.67. The number of hydrogen-bond donors (Lipinski definition) is 2. The normalized spacial score (nSPS) is 23.0. The van der Waals surface area contributed by atoms with Gasteiger partial charge in [0.25, 0.3) is 0 Å². The predicted molar refractivity (Wildman–Crippen MR) is 77.7 cm³/mol. The number of thiocarbonyl (C=S) groups is 1. The van der Waals surface area contributed by atoms with Gasteiger partial charge in [-0.3, -0.25) is 0 Å². The second kappa shape index (κ2) is 5.61. The Morgan fingerprint density at radius 1 is 1.50 bits per heavy atom. The number of aromatic nitrogens is 2. The van der Waals surface area contributed by atoms with Gasteiger partial charge >= 0.3 is 0 Å². The first-order chi connectivity index (χ1) is 8.56. The summed E-state index contributed by atoms with van der Waals surface area (Å²) in [4.78, 5) is 9.01. The minimum atomic E-state index is 0.317. The van der Waals surface area contributed by atoms with Gasteiger partial charge in [-0.15, -0.1) is 0 Å². The van der Waals surface area contributed by atoms with Crippen molar-refractivity contribution in [2.45, 2.75) is 33.1 Å². The first-order valence-electron chi connectivity index (χ1n) is 6.45. The highest BCUT2D eigenvalue weighted by molar-refractivity contribution is 7.80. The molecule has 2 unspecified atom stereocenters. The molecule has 2 atom stereocenters. The topological polar surface area (TPSA) is 63.8 Å².